The van der Waals surface area contributed by atoms with E-state index in [1.165, 1.54) is 35.7 Å². The van der Waals surface area contributed by atoms with Crippen LogP contribution in [0.2, 0.25) is 0 Å². The lowest BCUT2D eigenvalue weighted by atomic mass is 9.81. The minimum absolute atomic E-state index is 0.0348. The Balaban J connectivity index is 0.811. The number of fused-ring (bicyclic) bond motifs is 3. The first-order valence-corrected chi connectivity index (χ1v) is 28.5. The molecule has 0 bridgehead atoms. The normalized spacial score (nSPS) is 15.1. The molecule has 2 aliphatic heterocycles. The number of nitrogens with one attached hydrogen (secondary N) is 2. The maximum absolute atomic E-state index is 12.9. The lowest BCUT2D eigenvalue weighted by Crippen LogP contribution is -2.29. The van der Waals surface area contributed by atoms with E-state index in [2.05, 4.69) is 99.7 Å². The standard InChI is InChI=1S/C60H71N9O11S/c1-42-15-25-50-48(36-42)59(2,3)53(68(50)28-29-76-30-31-77-32-33-78-34-35-79-39-44-20-22-46(23-21-44)69(71)72)13-9-6-8-12-52-60(4,5)49-37-47(81(73,74)75)24-26-51(49)67(52)27-11-7-10-14-54(70)62-38-43-16-18-45(19-17-43)40-80-57-55-56(64-41-63-55)65-58(61)66-57/h6,8-9,12-13,15-26,36-37,41H,7,10-11,14,27-35,38-40H2,1-5H3,(H4-,61,62,63,64,65,66,70,73,74,75)/p+1. The number of nitrogen functional groups attached to an aromatic ring is 1. The summed E-state index contributed by atoms with van der Waals surface area (Å²) in [6, 6.07) is 25.4. The van der Waals surface area contributed by atoms with Gasteiger partial charge in [0.2, 0.25) is 23.4 Å². The number of unbranched alkanes of at least 4 members (excludes halogenated alkanes) is 2. The Kier molecular flexibility index (Phi) is 20.0. The number of hydrogen-bond acceptors (Lipinski definition) is 15. The summed E-state index contributed by atoms with van der Waals surface area (Å²) < 4.78 is 65.7. The third kappa shape index (κ3) is 15.4. The third-order valence-corrected chi connectivity index (χ3v) is 15.2. The van der Waals surface area contributed by atoms with E-state index < -0.39 is 20.5 Å². The van der Waals surface area contributed by atoms with Crippen LogP contribution in [0.3, 0.4) is 0 Å². The summed E-state index contributed by atoms with van der Waals surface area (Å²) in [5.41, 5.74) is 16.1. The summed E-state index contributed by atoms with van der Waals surface area (Å²) in [7, 11) is -4.43. The molecule has 0 unspecified atom stereocenters. The molecule has 0 radical (unpaired) electrons. The van der Waals surface area contributed by atoms with Crippen molar-refractivity contribution < 1.29 is 50.9 Å². The van der Waals surface area contributed by atoms with Crippen LogP contribution in [-0.4, -0.2) is 113 Å². The number of aryl methyl sites for hydroxylation is 1. The number of benzene rings is 4. The first kappa shape index (κ1) is 59.5. The summed E-state index contributed by atoms with van der Waals surface area (Å²) >= 11 is 0. The van der Waals surface area contributed by atoms with Crippen LogP contribution >= 0.6 is 0 Å². The second kappa shape index (κ2) is 27.2. The van der Waals surface area contributed by atoms with E-state index in [1.54, 1.807) is 24.3 Å². The average molecular weight is 1130 g/mol. The van der Waals surface area contributed by atoms with E-state index in [9.17, 15) is 27.9 Å². The summed E-state index contributed by atoms with van der Waals surface area (Å²) in [6.07, 6.45) is 14.4. The predicted molar refractivity (Wildman–Crippen MR) is 309 cm³/mol. The number of ether oxygens (including phenoxy) is 5. The van der Waals surface area contributed by atoms with Gasteiger partial charge in [-0.2, -0.15) is 23.0 Å². The lowest BCUT2D eigenvalue weighted by Gasteiger charge is -2.27. The number of aromatic nitrogens is 4. The summed E-state index contributed by atoms with van der Waals surface area (Å²) in [4.78, 5) is 40.9. The molecule has 428 valence electrons. The molecular weight excluding hydrogens is 1050 g/mol. The van der Waals surface area contributed by atoms with Crippen molar-refractivity contribution in [3.8, 4) is 5.88 Å². The minimum Gasteiger partial charge on any atom is -0.471 e. The molecule has 81 heavy (non-hydrogen) atoms. The number of nitrogens with zero attached hydrogens (tertiary/aromatic N) is 6. The molecule has 5 N–H and O–H groups in total. The van der Waals surface area contributed by atoms with E-state index in [4.69, 9.17) is 29.4 Å². The van der Waals surface area contributed by atoms with Gasteiger partial charge in [0, 0.05) is 72.6 Å². The number of carbonyl (C=O) groups excluding carboxylic acids is 1. The van der Waals surface area contributed by atoms with Crippen LogP contribution in [0, 0.1) is 17.0 Å². The lowest BCUT2D eigenvalue weighted by molar-refractivity contribution is -0.438. The fourth-order valence-corrected chi connectivity index (χ4v) is 10.5. The van der Waals surface area contributed by atoms with E-state index >= 15 is 0 Å². The maximum Gasteiger partial charge on any atom is 0.294 e. The van der Waals surface area contributed by atoms with Crippen LogP contribution in [0.1, 0.15) is 86.8 Å². The number of allylic oxidation sites excluding steroid dienone is 6. The number of hydrogen-bond donors (Lipinski definition) is 4. The van der Waals surface area contributed by atoms with Gasteiger partial charge >= 0.3 is 0 Å². The monoisotopic (exact) mass is 1130 g/mol. The highest BCUT2D eigenvalue weighted by Crippen LogP contribution is 2.48. The van der Waals surface area contributed by atoms with E-state index in [0.29, 0.717) is 102 Å². The second-order valence-corrected chi connectivity index (χ2v) is 22.3. The van der Waals surface area contributed by atoms with Crippen molar-refractivity contribution in [1.29, 1.82) is 0 Å². The number of aromatic amines is 1. The van der Waals surface area contributed by atoms with Crippen molar-refractivity contribution in [3.63, 3.8) is 0 Å². The van der Waals surface area contributed by atoms with Gasteiger partial charge in [-0.05, 0) is 92.3 Å². The van der Waals surface area contributed by atoms with Crippen LogP contribution < -0.4 is 20.7 Å². The number of H-pyrrole nitrogens is 1. The smallest absolute Gasteiger partial charge is 0.294 e. The molecule has 6 aromatic rings. The SMILES string of the molecule is Cc1ccc2c(c1)C(C)(C)C(=CC=CC=CC1=[N+](CCCCCC(=O)NCc3ccc(COc4nc(N)nc5nc[nH]c45)cc3)c3ccc(S(=O)(=O)O)cc3C1(C)C)N2CCOCCOCCOCCOCc1ccc([N+](=O)[O-])cc1. The van der Waals surface area contributed by atoms with E-state index in [0.717, 1.165) is 57.9 Å². The van der Waals surface area contributed by atoms with Gasteiger partial charge in [0.15, 0.2) is 11.4 Å². The minimum atomic E-state index is -4.43. The van der Waals surface area contributed by atoms with Crippen molar-refractivity contribution >= 4 is 55.9 Å². The molecule has 0 spiro atoms. The summed E-state index contributed by atoms with van der Waals surface area (Å²) in [5.74, 6) is 0.363. The molecule has 20 nitrogen and oxygen atoms in total. The predicted octanol–water partition coefficient (Wildman–Crippen LogP) is 9.29. The number of nitro groups is 1. The molecule has 21 heteroatoms. The summed E-state index contributed by atoms with van der Waals surface area (Å²) in [6.45, 7) is 16.0. The molecule has 2 aromatic heterocycles. The van der Waals surface area contributed by atoms with Crippen molar-refractivity contribution in [2.24, 2.45) is 0 Å². The van der Waals surface area contributed by atoms with Crippen LogP contribution in [0.25, 0.3) is 11.2 Å². The number of anilines is 2. The zero-order valence-electron chi connectivity index (χ0n) is 46.6. The van der Waals surface area contributed by atoms with Gasteiger partial charge < -0.3 is 44.6 Å². The molecule has 0 aliphatic carbocycles. The molecular formula is C60H72N9O11S+. The Bertz CT molecular complexity index is 3410. The van der Waals surface area contributed by atoms with Gasteiger partial charge in [-0.3, -0.25) is 19.5 Å². The quantitative estimate of drug-likeness (QED) is 0.00818. The average Bonchev–Trinajstić information content (AvgIpc) is 3.30. The highest BCUT2D eigenvalue weighted by Gasteiger charge is 2.45. The maximum atomic E-state index is 12.9. The van der Waals surface area contributed by atoms with Crippen LogP contribution in [0.4, 0.5) is 23.0 Å². The van der Waals surface area contributed by atoms with Crippen LogP contribution in [-0.2, 0) is 64.4 Å². The Morgan fingerprint density at radius 3 is 2.20 bits per heavy atom. The van der Waals surface area contributed by atoms with Gasteiger partial charge in [0.05, 0.1) is 74.4 Å². The fraction of sp³-hybridized carbons (Fsp3) is 0.383. The highest BCUT2D eigenvalue weighted by atomic mass is 32.2. The van der Waals surface area contributed by atoms with E-state index in [-0.39, 0.29) is 34.5 Å². The first-order valence-electron chi connectivity index (χ1n) is 27.1. The van der Waals surface area contributed by atoms with Crippen LogP contribution in [0.5, 0.6) is 5.88 Å². The van der Waals surface area contributed by atoms with Gasteiger partial charge in [0.25, 0.3) is 15.8 Å². The molecule has 0 fully saturated rings. The van der Waals surface area contributed by atoms with Crippen molar-refractivity contribution in [2.75, 3.05) is 70.0 Å². The topological polar surface area (TPSA) is 259 Å². The molecule has 1 amide bonds. The van der Waals surface area contributed by atoms with Gasteiger partial charge in [-0.1, -0.05) is 74.0 Å². The Morgan fingerprint density at radius 1 is 0.802 bits per heavy atom. The molecule has 0 saturated heterocycles. The Hall–Kier alpha value is -7.66. The Morgan fingerprint density at radius 2 is 1.48 bits per heavy atom. The van der Waals surface area contributed by atoms with Gasteiger partial charge in [-0.15, -0.1) is 0 Å². The second-order valence-electron chi connectivity index (χ2n) is 20.9. The number of rotatable bonds is 30. The first-order chi connectivity index (χ1) is 38.9. The summed E-state index contributed by atoms with van der Waals surface area (Å²) in [5, 5.41) is 13.9. The fourth-order valence-electron chi connectivity index (χ4n) is 10.0. The molecule has 0 saturated carbocycles. The molecule has 8 rings (SSSR count). The van der Waals surface area contributed by atoms with Gasteiger partial charge in [-0.25, -0.2) is 4.98 Å². The third-order valence-electron chi connectivity index (χ3n) is 14.4. The number of nitro benzene ring substituents is 1. The van der Waals surface area contributed by atoms with Crippen molar-refractivity contribution in [1.82, 2.24) is 25.3 Å². The number of nitrogens with two attached hydrogens (primary N) is 1. The van der Waals surface area contributed by atoms with E-state index in [1.807, 2.05) is 42.5 Å². The molecule has 2 aliphatic rings. The van der Waals surface area contributed by atoms with Crippen molar-refractivity contribution in [2.45, 2.75) is 95.8 Å². The molecule has 0 atom stereocenters. The number of amides is 1. The largest absolute Gasteiger partial charge is 0.471 e. The van der Waals surface area contributed by atoms with Crippen LogP contribution in [0.15, 0.2) is 132 Å². The number of carbonyl (C=O) groups is 1. The molecule has 4 heterocycles. The highest BCUT2D eigenvalue weighted by molar-refractivity contribution is 7.85. The van der Waals surface area contributed by atoms with Gasteiger partial charge in [0.1, 0.15) is 18.7 Å². The zero-order chi connectivity index (χ0) is 57.6. The molecule has 4 aromatic carbocycles. The Labute approximate surface area is 472 Å². The number of imidazole rings is 1. The number of non-ortho nitro benzene ring substituents is 1. The van der Waals surface area contributed by atoms with Crippen molar-refractivity contribution in [3.05, 3.63) is 171 Å². The zero-order valence-corrected chi connectivity index (χ0v) is 47.4.